The largest absolute Gasteiger partial charge is 0.484 e. The Morgan fingerprint density at radius 3 is 2.54 bits per heavy atom. The lowest BCUT2D eigenvalue weighted by Gasteiger charge is -2.19. The molecule has 136 valence electrons. The van der Waals surface area contributed by atoms with Gasteiger partial charge in [-0.2, -0.15) is 0 Å². The van der Waals surface area contributed by atoms with Crippen molar-refractivity contribution in [2.45, 2.75) is 32.6 Å². The van der Waals surface area contributed by atoms with E-state index in [0.29, 0.717) is 12.3 Å². The summed E-state index contributed by atoms with van der Waals surface area (Å²) in [5.74, 6) is 0.606. The number of benzene rings is 2. The molecule has 0 aliphatic rings. The summed E-state index contributed by atoms with van der Waals surface area (Å²) < 4.78 is 5.58. The number of aromatic nitrogens is 1. The number of aromatic amines is 1. The molecular formula is C22H26N2O2. The molecular weight excluding hydrogens is 324 g/mol. The molecule has 0 unspecified atom stereocenters. The van der Waals surface area contributed by atoms with Crippen molar-refractivity contribution in [1.82, 2.24) is 10.3 Å². The van der Waals surface area contributed by atoms with Crippen molar-refractivity contribution in [3.8, 4) is 5.75 Å². The van der Waals surface area contributed by atoms with Crippen LogP contribution in [0.15, 0.2) is 54.7 Å². The van der Waals surface area contributed by atoms with Crippen molar-refractivity contribution in [1.29, 1.82) is 0 Å². The summed E-state index contributed by atoms with van der Waals surface area (Å²) >= 11 is 0. The first-order valence-electron chi connectivity index (χ1n) is 8.98. The van der Waals surface area contributed by atoms with Crippen molar-refractivity contribution in [2.24, 2.45) is 0 Å². The molecule has 3 aromatic rings. The van der Waals surface area contributed by atoms with Crippen molar-refractivity contribution < 1.29 is 9.53 Å². The van der Waals surface area contributed by atoms with E-state index < -0.39 is 0 Å². The van der Waals surface area contributed by atoms with Crippen LogP contribution >= 0.6 is 0 Å². The summed E-state index contributed by atoms with van der Waals surface area (Å²) in [6, 6.07) is 16.1. The number of hydrogen-bond donors (Lipinski definition) is 2. The highest BCUT2D eigenvalue weighted by Crippen LogP contribution is 2.24. The predicted molar refractivity (Wildman–Crippen MR) is 106 cm³/mol. The third kappa shape index (κ3) is 4.45. The van der Waals surface area contributed by atoms with Crippen LogP contribution in [-0.4, -0.2) is 24.0 Å². The van der Waals surface area contributed by atoms with E-state index >= 15 is 0 Å². The molecule has 0 aliphatic heterocycles. The van der Waals surface area contributed by atoms with Gasteiger partial charge < -0.3 is 15.0 Å². The molecule has 1 aromatic heterocycles. The molecule has 2 aromatic carbocycles. The number of para-hydroxylation sites is 1. The van der Waals surface area contributed by atoms with Gasteiger partial charge in [0.1, 0.15) is 5.75 Å². The summed E-state index contributed by atoms with van der Waals surface area (Å²) in [4.78, 5) is 15.2. The Morgan fingerprint density at radius 1 is 1.08 bits per heavy atom. The van der Waals surface area contributed by atoms with Crippen molar-refractivity contribution in [3.05, 3.63) is 65.9 Å². The van der Waals surface area contributed by atoms with E-state index in [-0.39, 0.29) is 17.9 Å². The fourth-order valence-electron chi connectivity index (χ4n) is 2.93. The molecule has 26 heavy (non-hydrogen) atoms. The second-order valence-corrected chi connectivity index (χ2v) is 7.52. The van der Waals surface area contributed by atoms with Gasteiger partial charge in [0, 0.05) is 23.6 Å². The molecule has 4 nitrogen and oxygen atoms in total. The minimum atomic E-state index is -0.107. The fraction of sp³-hybridized carbons (Fsp3) is 0.318. The van der Waals surface area contributed by atoms with Crippen LogP contribution in [0.5, 0.6) is 5.75 Å². The van der Waals surface area contributed by atoms with Crippen LogP contribution in [0.3, 0.4) is 0 Å². The van der Waals surface area contributed by atoms with E-state index in [1.54, 1.807) is 0 Å². The third-order valence-corrected chi connectivity index (χ3v) is 4.48. The molecule has 0 aliphatic carbocycles. The van der Waals surface area contributed by atoms with Gasteiger partial charge in [0.05, 0.1) is 0 Å². The van der Waals surface area contributed by atoms with Crippen molar-refractivity contribution in [3.63, 3.8) is 0 Å². The molecule has 0 spiro atoms. The first-order valence-corrected chi connectivity index (χ1v) is 8.98. The summed E-state index contributed by atoms with van der Waals surface area (Å²) in [5, 5.41) is 4.12. The minimum absolute atomic E-state index is 0.0305. The predicted octanol–water partition coefficient (Wildman–Crippen LogP) is 4.20. The Labute approximate surface area is 154 Å². The molecule has 2 N–H and O–H groups in total. The maximum atomic E-state index is 12.0. The van der Waals surface area contributed by atoms with Crippen LogP contribution in [0.2, 0.25) is 0 Å². The second kappa shape index (κ2) is 7.65. The molecule has 0 bridgehead atoms. The van der Waals surface area contributed by atoms with Gasteiger partial charge in [0.2, 0.25) is 0 Å². The normalized spacial score (nSPS) is 11.5. The van der Waals surface area contributed by atoms with E-state index in [1.165, 1.54) is 16.5 Å². The zero-order valence-electron chi connectivity index (χ0n) is 15.6. The molecule has 0 saturated heterocycles. The highest BCUT2D eigenvalue weighted by Gasteiger charge is 2.13. The quantitative estimate of drug-likeness (QED) is 0.700. The fourth-order valence-corrected chi connectivity index (χ4v) is 2.93. The number of carbonyl (C=O) groups excluding carboxylic acids is 1. The van der Waals surface area contributed by atoms with E-state index in [1.807, 2.05) is 42.6 Å². The SMILES string of the molecule is CC(C)(C)c1ccc(OCC(=O)NCCc2c[nH]c3ccccc23)cc1. The average Bonchev–Trinajstić information content (AvgIpc) is 3.03. The van der Waals surface area contributed by atoms with Gasteiger partial charge in [-0.25, -0.2) is 0 Å². The molecule has 0 fully saturated rings. The number of amides is 1. The maximum absolute atomic E-state index is 12.0. The van der Waals surface area contributed by atoms with Crippen LogP contribution < -0.4 is 10.1 Å². The number of carbonyl (C=O) groups is 1. The Hall–Kier alpha value is -2.75. The van der Waals surface area contributed by atoms with Crippen LogP contribution in [0.4, 0.5) is 0 Å². The highest BCUT2D eigenvalue weighted by atomic mass is 16.5. The van der Waals surface area contributed by atoms with Gasteiger partial charge in [-0.3, -0.25) is 4.79 Å². The number of H-pyrrole nitrogens is 1. The monoisotopic (exact) mass is 350 g/mol. The lowest BCUT2D eigenvalue weighted by Crippen LogP contribution is -2.30. The Bertz CT molecular complexity index is 873. The minimum Gasteiger partial charge on any atom is -0.484 e. The van der Waals surface area contributed by atoms with E-state index in [0.717, 1.165) is 11.9 Å². The number of rotatable bonds is 6. The molecule has 3 rings (SSSR count). The average molecular weight is 350 g/mol. The summed E-state index contributed by atoms with van der Waals surface area (Å²) in [7, 11) is 0. The van der Waals surface area contributed by atoms with Gasteiger partial charge in [0.15, 0.2) is 6.61 Å². The molecule has 0 saturated carbocycles. The number of hydrogen-bond acceptors (Lipinski definition) is 2. The lowest BCUT2D eigenvalue weighted by molar-refractivity contribution is -0.123. The van der Waals surface area contributed by atoms with Gasteiger partial charge >= 0.3 is 0 Å². The zero-order chi connectivity index (χ0) is 18.6. The van der Waals surface area contributed by atoms with Gasteiger partial charge in [-0.15, -0.1) is 0 Å². The first-order chi connectivity index (χ1) is 12.4. The standard InChI is InChI=1S/C22H26N2O2/c1-22(2,3)17-8-10-18(11-9-17)26-15-21(25)23-13-12-16-14-24-20-7-5-4-6-19(16)20/h4-11,14,24H,12-13,15H2,1-3H3,(H,23,25). The van der Waals surface area contributed by atoms with Crippen molar-refractivity contribution in [2.75, 3.05) is 13.2 Å². The first kappa shape index (κ1) is 18.1. The highest BCUT2D eigenvalue weighted by molar-refractivity contribution is 5.83. The Kier molecular flexibility index (Phi) is 5.31. The van der Waals surface area contributed by atoms with E-state index in [4.69, 9.17) is 4.74 Å². The number of fused-ring (bicyclic) bond motifs is 1. The molecule has 0 atom stereocenters. The Balaban J connectivity index is 1.44. The molecule has 0 radical (unpaired) electrons. The van der Waals surface area contributed by atoms with E-state index in [9.17, 15) is 4.79 Å². The van der Waals surface area contributed by atoms with Crippen LogP contribution in [-0.2, 0) is 16.6 Å². The maximum Gasteiger partial charge on any atom is 0.257 e. The van der Waals surface area contributed by atoms with Crippen LogP contribution in [0.25, 0.3) is 10.9 Å². The van der Waals surface area contributed by atoms with Crippen LogP contribution in [0.1, 0.15) is 31.9 Å². The number of nitrogens with one attached hydrogen (secondary N) is 2. The third-order valence-electron chi connectivity index (χ3n) is 4.48. The molecule has 4 heteroatoms. The number of ether oxygens (including phenoxy) is 1. The van der Waals surface area contributed by atoms with E-state index in [2.05, 4.69) is 43.2 Å². The zero-order valence-corrected chi connectivity index (χ0v) is 15.6. The van der Waals surface area contributed by atoms with Gasteiger partial charge in [-0.1, -0.05) is 51.1 Å². The summed E-state index contributed by atoms with van der Waals surface area (Å²) in [6.45, 7) is 7.13. The summed E-state index contributed by atoms with van der Waals surface area (Å²) in [6.07, 6.45) is 2.79. The second-order valence-electron chi connectivity index (χ2n) is 7.52. The Morgan fingerprint density at radius 2 is 1.81 bits per heavy atom. The van der Waals surface area contributed by atoms with Gasteiger partial charge in [-0.05, 0) is 41.2 Å². The molecule has 1 amide bonds. The lowest BCUT2D eigenvalue weighted by atomic mass is 9.87. The van der Waals surface area contributed by atoms with Crippen molar-refractivity contribution >= 4 is 16.8 Å². The smallest absolute Gasteiger partial charge is 0.257 e. The summed E-state index contributed by atoms with van der Waals surface area (Å²) in [5.41, 5.74) is 3.68. The molecule has 1 heterocycles. The van der Waals surface area contributed by atoms with Gasteiger partial charge in [0.25, 0.3) is 5.91 Å². The topological polar surface area (TPSA) is 54.1 Å². The van der Waals surface area contributed by atoms with Crippen LogP contribution in [0, 0.1) is 0 Å².